The molecule has 9 atom stereocenters. The van der Waals surface area contributed by atoms with Crippen LogP contribution in [-0.4, -0.2) is 56.9 Å². The lowest BCUT2D eigenvalue weighted by molar-refractivity contribution is -0.451. The molecule has 6 nitrogen and oxygen atoms in total. The van der Waals surface area contributed by atoms with Crippen LogP contribution in [0.3, 0.4) is 0 Å². The Labute approximate surface area is 152 Å². The summed E-state index contributed by atoms with van der Waals surface area (Å²) in [6.07, 6.45) is -0.512. The van der Waals surface area contributed by atoms with Gasteiger partial charge in [-0.1, -0.05) is 26.8 Å². The number of carbonyl (C=O) groups is 1. The molecule has 0 amide bonds. The van der Waals surface area contributed by atoms with E-state index in [4.69, 9.17) is 4.74 Å². The van der Waals surface area contributed by atoms with Crippen LogP contribution in [0.4, 0.5) is 0 Å². The zero-order chi connectivity index (χ0) is 18.9. The highest BCUT2D eigenvalue weighted by Crippen LogP contribution is 2.76. The summed E-state index contributed by atoms with van der Waals surface area (Å²) in [6, 6.07) is 0. The fourth-order valence-electron chi connectivity index (χ4n) is 8.00. The summed E-state index contributed by atoms with van der Waals surface area (Å²) < 4.78 is 5.85. The van der Waals surface area contributed by atoms with Crippen LogP contribution >= 0.6 is 0 Å². The molecule has 0 radical (unpaired) electrons. The first-order valence-corrected chi connectivity index (χ1v) is 9.70. The standard InChI is InChI=1S/C20H28O6/c1-9-12-10(21)7-11-18-6-4-5-17(2,3)13(18)16(24)20(25,26-8-18)19(11,14(9)22)15(12)23/h10-13,15-16,21,23-25H,1,4-8H2,2-3H3/t10-,11-,12+,13+,15+,16-,18+,19-,20+/m0/s1. The highest BCUT2D eigenvalue weighted by molar-refractivity contribution is 6.05. The minimum absolute atomic E-state index is 0.146. The lowest BCUT2D eigenvalue weighted by Gasteiger charge is -2.74. The van der Waals surface area contributed by atoms with Crippen molar-refractivity contribution in [2.45, 2.75) is 63.6 Å². The Morgan fingerprint density at radius 3 is 2.54 bits per heavy atom. The van der Waals surface area contributed by atoms with Crippen LogP contribution in [0.2, 0.25) is 0 Å². The van der Waals surface area contributed by atoms with Crippen LogP contribution in [0.5, 0.6) is 0 Å². The molecule has 6 aliphatic rings. The Morgan fingerprint density at radius 1 is 1.15 bits per heavy atom. The van der Waals surface area contributed by atoms with Crippen LogP contribution in [0.25, 0.3) is 0 Å². The first-order valence-electron chi connectivity index (χ1n) is 9.70. The predicted octanol–water partition coefficient (Wildman–Crippen LogP) is 0.376. The fourth-order valence-corrected chi connectivity index (χ4v) is 8.00. The molecule has 2 heterocycles. The van der Waals surface area contributed by atoms with Gasteiger partial charge >= 0.3 is 0 Å². The molecule has 4 aliphatic carbocycles. The number of rotatable bonds is 0. The van der Waals surface area contributed by atoms with E-state index in [2.05, 4.69) is 20.4 Å². The number of hydrogen-bond acceptors (Lipinski definition) is 6. The van der Waals surface area contributed by atoms with Gasteiger partial charge in [0.1, 0.15) is 11.5 Å². The maximum Gasteiger partial charge on any atom is 0.208 e. The van der Waals surface area contributed by atoms with Gasteiger partial charge in [0, 0.05) is 17.3 Å². The normalized spacial score (nSPS) is 59.9. The van der Waals surface area contributed by atoms with Crippen molar-refractivity contribution in [1.82, 2.24) is 0 Å². The van der Waals surface area contributed by atoms with Gasteiger partial charge in [-0.25, -0.2) is 0 Å². The quantitative estimate of drug-likeness (QED) is 0.463. The second kappa shape index (κ2) is 4.61. The van der Waals surface area contributed by atoms with E-state index in [1.165, 1.54) is 0 Å². The van der Waals surface area contributed by atoms with Gasteiger partial charge in [0.15, 0.2) is 5.78 Å². The van der Waals surface area contributed by atoms with Crippen molar-refractivity contribution in [1.29, 1.82) is 0 Å². The van der Waals surface area contributed by atoms with Gasteiger partial charge in [-0.15, -0.1) is 0 Å². The third kappa shape index (κ3) is 1.44. The summed E-state index contributed by atoms with van der Waals surface area (Å²) in [5, 5.41) is 44.8. The van der Waals surface area contributed by atoms with Crippen molar-refractivity contribution in [2.75, 3.05) is 6.61 Å². The van der Waals surface area contributed by atoms with Crippen molar-refractivity contribution < 1.29 is 30.0 Å². The monoisotopic (exact) mass is 364 g/mol. The Bertz CT molecular complexity index is 717. The van der Waals surface area contributed by atoms with E-state index in [1.54, 1.807) is 0 Å². The van der Waals surface area contributed by atoms with Crippen molar-refractivity contribution >= 4 is 5.78 Å². The fraction of sp³-hybridized carbons (Fsp3) is 0.850. The molecular formula is C20H28O6. The van der Waals surface area contributed by atoms with Crippen LogP contribution in [0, 0.1) is 34.0 Å². The molecule has 0 aromatic heterocycles. The predicted molar refractivity (Wildman–Crippen MR) is 90.7 cm³/mol. The van der Waals surface area contributed by atoms with E-state index < -0.39 is 52.5 Å². The number of ether oxygens (including phenoxy) is 1. The Hall–Kier alpha value is -0.790. The summed E-state index contributed by atoms with van der Waals surface area (Å²) >= 11 is 0. The number of carbonyl (C=O) groups excluding carboxylic acids is 1. The minimum Gasteiger partial charge on any atom is -0.392 e. The SMILES string of the molecule is C=C1C(=O)[C@]23[C@H](O)[C@H]1[C@@H](O)C[C@H]2[C@]12CCCC(C)(C)[C@H]1[C@H](O)[C@@]3(O)OC2. The topological polar surface area (TPSA) is 107 Å². The first kappa shape index (κ1) is 17.3. The van der Waals surface area contributed by atoms with Crippen LogP contribution in [0.1, 0.15) is 39.5 Å². The van der Waals surface area contributed by atoms with E-state index in [1.807, 2.05) is 0 Å². The van der Waals surface area contributed by atoms with E-state index in [0.717, 1.165) is 19.3 Å². The van der Waals surface area contributed by atoms with Gasteiger partial charge in [-0.3, -0.25) is 4.79 Å². The molecular weight excluding hydrogens is 336 g/mol. The molecule has 2 spiro atoms. The number of fused-ring (bicyclic) bond motifs is 2. The maximum atomic E-state index is 13.4. The molecule has 26 heavy (non-hydrogen) atoms. The van der Waals surface area contributed by atoms with Gasteiger partial charge in [0.25, 0.3) is 0 Å². The third-order valence-electron chi connectivity index (χ3n) is 8.81. The smallest absolute Gasteiger partial charge is 0.208 e. The van der Waals surface area contributed by atoms with Gasteiger partial charge in [-0.2, -0.15) is 0 Å². The van der Waals surface area contributed by atoms with Crippen LogP contribution in [-0.2, 0) is 9.53 Å². The van der Waals surface area contributed by atoms with Crippen LogP contribution < -0.4 is 0 Å². The Morgan fingerprint density at radius 2 is 1.85 bits per heavy atom. The van der Waals surface area contributed by atoms with E-state index in [0.29, 0.717) is 6.42 Å². The minimum atomic E-state index is -2.15. The Balaban J connectivity index is 1.80. The molecule has 0 aromatic carbocycles. The summed E-state index contributed by atoms with van der Waals surface area (Å²) in [7, 11) is 0. The van der Waals surface area contributed by atoms with E-state index in [9.17, 15) is 25.2 Å². The summed E-state index contributed by atoms with van der Waals surface area (Å²) in [4.78, 5) is 13.4. The van der Waals surface area contributed by atoms with Gasteiger partial charge in [0.05, 0.1) is 18.8 Å². The summed E-state index contributed by atoms with van der Waals surface area (Å²) in [6.45, 7) is 8.24. The maximum absolute atomic E-state index is 13.4. The Kier molecular flexibility index (Phi) is 3.07. The zero-order valence-corrected chi connectivity index (χ0v) is 15.3. The van der Waals surface area contributed by atoms with Crippen molar-refractivity contribution in [2.24, 2.45) is 34.0 Å². The second-order valence-electron chi connectivity index (χ2n) is 10.0. The molecule has 4 bridgehead atoms. The third-order valence-corrected chi connectivity index (χ3v) is 8.81. The van der Waals surface area contributed by atoms with Crippen LogP contribution in [0.15, 0.2) is 12.2 Å². The van der Waals surface area contributed by atoms with Crippen molar-refractivity contribution in [3.05, 3.63) is 12.2 Å². The highest BCUT2D eigenvalue weighted by atomic mass is 16.6. The lowest BCUT2D eigenvalue weighted by atomic mass is 9.36. The molecule has 2 saturated heterocycles. The molecule has 0 aromatic rings. The average Bonchev–Trinajstić information content (AvgIpc) is 2.68. The second-order valence-corrected chi connectivity index (χ2v) is 10.0. The number of aliphatic hydroxyl groups excluding tert-OH is 3. The molecule has 4 saturated carbocycles. The molecule has 6 rings (SSSR count). The van der Waals surface area contributed by atoms with Gasteiger partial charge in [-0.05, 0) is 36.2 Å². The van der Waals surface area contributed by atoms with E-state index >= 15 is 0 Å². The molecule has 0 unspecified atom stereocenters. The average molecular weight is 364 g/mol. The lowest BCUT2D eigenvalue weighted by Crippen LogP contribution is -2.84. The highest BCUT2D eigenvalue weighted by Gasteiger charge is 2.86. The van der Waals surface area contributed by atoms with Gasteiger partial charge in [0.2, 0.25) is 5.79 Å². The largest absolute Gasteiger partial charge is 0.392 e. The first-order chi connectivity index (χ1) is 12.1. The zero-order valence-electron chi connectivity index (χ0n) is 15.3. The molecule has 4 N–H and O–H groups in total. The summed E-state index contributed by atoms with van der Waals surface area (Å²) in [5.74, 6) is -4.08. The number of ketones is 1. The van der Waals surface area contributed by atoms with Gasteiger partial charge < -0.3 is 25.2 Å². The molecule has 6 heteroatoms. The number of hydrogen-bond donors (Lipinski definition) is 4. The molecule has 6 fully saturated rings. The van der Waals surface area contributed by atoms with Crippen molar-refractivity contribution in [3.8, 4) is 0 Å². The molecule has 2 aliphatic heterocycles. The molecule has 144 valence electrons. The summed E-state index contributed by atoms with van der Waals surface area (Å²) in [5.41, 5.74) is -2.26. The van der Waals surface area contributed by atoms with Crippen molar-refractivity contribution in [3.63, 3.8) is 0 Å². The number of aliphatic hydroxyl groups is 4. The van der Waals surface area contributed by atoms with E-state index in [-0.39, 0.29) is 23.5 Å². The number of Topliss-reactive ketones (excluding diaryl/α,β-unsaturated/α-hetero) is 1.